The van der Waals surface area contributed by atoms with Crippen molar-refractivity contribution in [3.63, 3.8) is 0 Å². The Balaban J connectivity index is 2.44. The molecule has 0 fully saturated rings. The zero-order chi connectivity index (χ0) is 27.8. The van der Waals surface area contributed by atoms with Crippen molar-refractivity contribution in [1.82, 2.24) is 0 Å². The predicted octanol–water partition coefficient (Wildman–Crippen LogP) is 8.99. The van der Waals surface area contributed by atoms with Crippen LogP contribution >= 0.6 is 0 Å². The Bertz CT molecular complexity index is 1110. The Morgan fingerprint density at radius 3 is 1.59 bits per heavy atom. The summed E-state index contributed by atoms with van der Waals surface area (Å²) in [6, 6.07) is 4.08. The molecular formula is C31H46O5S. The summed E-state index contributed by atoms with van der Waals surface area (Å²) < 4.78 is 35.7. The standard InChI is InChI=1S/C31H46O5S/c1-24(2)11-7-12-25(3)13-8-14-26(4)15-9-16-27(5)17-10-18-28(6)19-20-29-23-30(32)21-22-31(29)36-37(33,34)35/h11,13,15,17,19,21-23,32H,7-10,12,14,16,18,20H2,1-6H3,(H,33,34,35). The number of aromatic hydroxyl groups is 1. The number of hydrogen-bond acceptors (Lipinski definition) is 4. The Labute approximate surface area is 225 Å². The van der Waals surface area contributed by atoms with Crippen molar-refractivity contribution in [1.29, 1.82) is 0 Å². The summed E-state index contributed by atoms with van der Waals surface area (Å²) in [5.41, 5.74) is 7.33. The van der Waals surface area contributed by atoms with E-state index < -0.39 is 10.4 Å². The quantitative estimate of drug-likeness (QED) is 0.165. The van der Waals surface area contributed by atoms with Crippen LogP contribution in [0.3, 0.4) is 0 Å². The van der Waals surface area contributed by atoms with Gasteiger partial charge in [0.15, 0.2) is 0 Å². The molecule has 0 unspecified atom stereocenters. The number of phenols is 1. The van der Waals surface area contributed by atoms with Gasteiger partial charge in [-0.3, -0.25) is 4.55 Å². The van der Waals surface area contributed by atoms with Gasteiger partial charge in [-0.05, 0) is 118 Å². The summed E-state index contributed by atoms with van der Waals surface area (Å²) in [7, 11) is -4.62. The summed E-state index contributed by atoms with van der Waals surface area (Å²) in [5, 5.41) is 9.71. The van der Waals surface area contributed by atoms with Crippen LogP contribution in [0.1, 0.15) is 98.5 Å². The van der Waals surface area contributed by atoms with Crippen LogP contribution in [0.25, 0.3) is 0 Å². The molecule has 0 saturated carbocycles. The predicted molar refractivity (Wildman–Crippen MR) is 155 cm³/mol. The van der Waals surface area contributed by atoms with E-state index in [1.54, 1.807) is 0 Å². The Hall–Kier alpha value is -2.57. The van der Waals surface area contributed by atoms with Gasteiger partial charge in [0.25, 0.3) is 0 Å². The van der Waals surface area contributed by atoms with Gasteiger partial charge in [-0.1, -0.05) is 58.2 Å². The van der Waals surface area contributed by atoms with E-state index in [9.17, 15) is 13.5 Å². The van der Waals surface area contributed by atoms with Gasteiger partial charge in [-0.25, -0.2) is 0 Å². The van der Waals surface area contributed by atoms with Crippen LogP contribution in [0.5, 0.6) is 11.5 Å². The van der Waals surface area contributed by atoms with Crippen molar-refractivity contribution in [3.05, 3.63) is 82.0 Å². The molecule has 0 atom stereocenters. The molecule has 1 aromatic carbocycles. The third-order valence-corrected chi connectivity index (χ3v) is 6.49. The first-order valence-electron chi connectivity index (χ1n) is 13.1. The van der Waals surface area contributed by atoms with Crippen LogP contribution in [-0.4, -0.2) is 18.1 Å². The maximum absolute atomic E-state index is 11.1. The van der Waals surface area contributed by atoms with Crippen molar-refractivity contribution < 1.29 is 22.3 Å². The molecule has 0 radical (unpaired) electrons. The molecule has 0 spiro atoms. The van der Waals surface area contributed by atoms with Crippen LogP contribution < -0.4 is 4.18 Å². The van der Waals surface area contributed by atoms with Gasteiger partial charge in [-0.2, -0.15) is 8.42 Å². The molecule has 37 heavy (non-hydrogen) atoms. The molecule has 0 heterocycles. The van der Waals surface area contributed by atoms with Gasteiger partial charge < -0.3 is 9.29 Å². The highest BCUT2D eigenvalue weighted by Crippen LogP contribution is 2.26. The summed E-state index contributed by atoms with van der Waals surface area (Å²) in [5.74, 6) is 0.0161. The molecular weight excluding hydrogens is 484 g/mol. The SMILES string of the molecule is CC(C)=CCCC(C)=CCCC(C)=CCCC(C)=CCCC(C)=CCc1cc(O)ccc1OS(=O)(=O)O. The molecule has 5 nitrogen and oxygen atoms in total. The molecule has 2 N–H and O–H groups in total. The fraction of sp³-hybridized carbons (Fsp3) is 0.484. The highest BCUT2D eigenvalue weighted by Gasteiger charge is 2.12. The molecule has 6 heteroatoms. The lowest BCUT2D eigenvalue weighted by Gasteiger charge is -2.08. The average Bonchev–Trinajstić information content (AvgIpc) is 2.78. The maximum Gasteiger partial charge on any atom is 0.446 e. The number of benzene rings is 1. The van der Waals surface area contributed by atoms with E-state index in [4.69, 9.17) is 4.55 Å². The smallest absolute Gasteiger partial charge is 0.446 e. The molecule has 0 aromatic heterocycles. The molecule has 1 aromatic rings. The first-order chi connectivity index (χ1) is 17.4. The second-order valence-electron chi connectivity index (χ2n) is 10.1. The summed E-state index contributed by atoms with van der Waals surface area (Å²) in [4.78, 5) is 0. The normalized spacial score (nSPS) is 13.6. The second kappa shape index (κ2) is 17.0. The van der Waals surface area contributed by atoms with Gasteiger partial charge in [0.2, 0.25) is 0 Å². The summed E-state index contributed by atoms with van der Waals surface area (Å²) >= 11 is 0. The van der Waals surface area contributed by atoms with Crippen molar-refractivity contribution in [2.75, 3.05) is 0 Å². The lowest BCUT2D eigenvalue weighted by Crippen LogP contribution is -2.08. The van der Waals surface area contributed by atoms with Crippen molar-refractivity contribution >= 4 is 10.4 Å². The first-order valence-corrected chi connectivity index (χ1v) is 14.5. The van der Waals surface area contributed by atoms with Gasteiger partial charge >= 0.3 is 10.4 Å². The molecule has 0 aliphatic rings. The number of rotatable bonds is 16. The first kappa shape index (κ1) is 32.5. The van der Waals surface area contributed by atoms with Crippen LogP contribution in [0, 0.1) is 0 Å². The number of allylic oxidation sites excluding steroid dienone is 10. The minimum Gasteiger partial charge on any atom is -0.508 e. The fourth-order valence-corrected chi connectivity index (χ4v) is 4.23. The van der Waals surface area contributed by atoms with Gasteiger partial charge in [-0.15, -0.1) is 0 Å². The largest absolute Gasteiger partial charge is 0.508 e. The molecule has 0 amide bonds. The average molecular weight is 531 g/mol. The van der Waals surface area contributed by atoms with Gasteiger partial charge in [0.1, 0.15) is 11.5 Å². The third kappa shape index (κ3) is 16.7. The van der Waals surface area contributed by atoms with Crippen LogP contribution in [0.2, 0.25) is 0 Å². The van der Waals surface area contributed by atoms with Crippen molar-refractivity contribution in [2.24, 2.45) is 0 Å². The molecule has 206 valence electrons. The van der Waals surface area contributed by atoms with Crippen LogP contribution in [0.4, 0.5) is 0 Å². The lowest BCUT2D eigenvalue weighted by atomic mass is 10.0. The highest BCUT2D eigenvalue weighted by atomic mass is 32.3. The fourth-order valence-electron chi connectivity index (χ4n) is 3.84. The minimum atomic E-state index is -4.62. The zero-order valence-electron chi connectivity index (χ0n) is 23.5. The minimum absolute atomic E-state index is 0.00768. The number of phenolic OH excluding ortho intramolecular Hbond substituents is 1. The van der Waals surface area contributed by atoms with E-state index in [1.807, 2.05) is 13.0 Å². The van der Waals surface area contributed by atoms with E-state index >= 15 is 0 Å². The summed E-state index contributed by atoms with van der Waals surface area (Å²) in [6.45, 7) is 12.9. The van der Waals surface area contributed by atoms with Gasteiger partial charge in [0, 0.05) is 5.56 Å². The van der Waals surface area contributed by atoms with E-state index in [1.165, 1.54) is 40.5 Å². The van der Waals surface area contributed by atoms with E-state index in [0.29, 0.717) is 12.0 Å². The van der Waals surface area contributed by atoms with Crippen LogP contribution in [0.15, 0.2) is 76.4 Å². The summed E-state index contributed by atoms with van der Waals surface area (Å²) in [6.07, 6.45) is 20.1. The number of hydrogen-bond donors (Lipinski definition) is 2. The van der Waals surface area contributed by atoms with E-state index in [2.05, 4.69) is 63.1 Å². The Morgan fingerprint density at radius 2 is 1.16 bits per heavy atom. The molecule has 0 aliphatic heterocycles. The van der Waals surface area contributed by atoms with Crippen molar-refractivity contribution in [2.45, 2.75) is 99.3 Å². The molecule has 1 rings (SSSR count). The van der Waals surface area contributed by atoms with Crippen molar-refractivity contribution in [3.8, 4) is 11.5 Å². The Kier molecular flexibility index (Phi) is 14.9. The molecule has 0 saturated heterocycles. The van der Waals surface area contributed by atoms with Gasteiger partial charge in [0.05, 0.1) is 0 Å². The maximum atomic E-state index is 11.1. The van der Waals surface area contributed by atoms with E-state index in [0.717, 1.165) is 56.9 Å². The monoisotopic (exact) mass is 530 g/mol. The third-order valence-electron chi connectivity index (χ3n) is 6.10. The molecule has 0 bridgehead atoms. The Morgan fingerprint density at radius 1 is 0.730 bits per heavy atom. The van der Waals surface area contributed by atoms with Crippen LogP contribution in [-0.2, 0) is 16.8 Å². The van der Waals surface area contributed by atoms with E-state index in [-0.39, 0.29) is 11.5 Å². The molecule has 0 aliphatic carbocycles. The lowest BCUT2D eigenvalue weighted by molar-refractivity contribution is 0.384. The highest BCUT2D eigenvalue weighted by molar-refractivity contribution is 7.81. The topological polar surface area (TPSA) is 83.8 Å². The zero-order valence-corrected chi connectivity index (χ0v) is 24.3. The second-order valence-corrected chi connectivity index (χ2v) is 11.2.